The van der Waals surface area contributed by atoms with Crippen molar-refractivity contribution >= 4 is 5.69 Å². The van der Waals surface area contributed by atoms with Crippen LogP contribution in [0.4, 0.5) is 5.69 Å². The summed E-state index contributed by atoms with van der Waals surface area (Å²) in [5, 5.41) is 6.95. The Hall–Kier alpha value is -2.10. The lowest BCUT2D eigenvalue weighted by atomic mass is 10.3. The topological polar surface area (TPSA) is 66.0 Å². The Labute approximate surface area is 99.9 Å². The van der Waals surface area contributed by atoms with Gasteiger partial charge in [-0.1, -0.05) is 24.1 Å². The zero-order valence-corrected chi connectivity index (χ0v) is 9.46. The second-order valence-corrected chi connectivity index (χ2v) is 3.05. The maximum atomic E-state index is 10.4. The van der Waals surface area contributed by atoms with Gasteiger partial charge in [0.15, 0.2) is 0 Å². The van der Waals surface area contributed by atoms with Crippen molar-refractivity contribution in [1.29, 1.82) is 0 Å². The molecule has 0 aliphatic carbocycles. The summed E-state index contributed by atoms with van der Waals surface area (Å²) in [5.41, 5.74) is 3.03. The fraction of sp³-hybridized carbons (Fsp3) is 0.273. The largest absolute Gasteiger partial charge is 0.331 e. The lowest BCUT2D eigenvalue weighted by Gasteiger charge is -2.29. The van der Waals surface area contributed by atoms with Gasteiger partial charge in [-0.05, 0) is 19.2 Å². The molecule has 0 amide bonds. The highest BCUT2D eigenvalue weighted by Gasteiger charge is 2.17. The van der Waals surface area contributed by atoms with E-state index in [2.05, 4.69) is 22.1 Å². The van der Waals surface area contributed by atoms with Gasteiger partial charge in [0.2, 0.25) is 6.35 Å². The molecule has 0 aliphatic heterocycles. The number of hydrazine groups is 1. The summed E-state index contributed by atoms with van der Waals surface area (Å²) in [5.74, 6) is 2.36. The maximum Gasteiger partial charge on any atom is 0.206 e. The number of hydrogen-bond acceptors (Lipinski definition) is 5. The Morgan fingerprint density at radius 1 is 1.53 bits per heavy atom. The van der Waals surface area contributed by atoms with Crippen LogP contribution in [0.25, 0.3) is 0 Å². The second-order valence-electron chi connectivity index (χ2n) is 3.05. The average molecular weight is 234 g/mol. The van der Waals surface area contributed by atoms with E-state index in [0.29, 0.717) is 0 Å². The number of rotatable bonds is 7. The molecule has 1 rings (SSSR count). The predicted octanol–water partition coefficient (Wildman–Crippen LogP) is 0.832. The summed E-state index contributed by atoms with van der Waals surface area (Å²) in [6, 6.07) is 9.15. The first-order valence-electron chi connectivity index (χ1n) is 4.98. The molecule has 0 aromatic heterocycles. The lowest BCUT2D eigenvalue weighted by Crippen LogP contribution is -2.51. The zero-order valence-electron chi connectivity index (χ0n) is 9.46. The molecule has 0 bridgehead atoms. The molecule has 1 atom stereocenters. The van der Waals surface area contributed by atoms with Crippen molar-refractivity contribution in [1.82, 2.24) is 10.9 Å². The standard InChI is InChI=1S/C11H14N4O2/c1-3-9-17-11(12-2)15(13-14-16)10-7-5-4-6-8-10/h1,4-8,11-12H,9H2,2H3,(H,13,16). The molecule has 1 aromatic rings. The van der Waals surface area contributed by atoms with Crippen molar-refractivity contribution in [3.63, 3.8) is 0 Å². The van der Waals surface area contributed by atoms with Crippen LogP contribution in [-0.2, 0) is 4.74 Å². The van der Waals surface area contributed by atoms with Crippen molar-refractivity contribution in [2.24, 2.45) is 5.29 Å². The minimum absolute atomic E-state index is 0.120. The number of benzene rings is 1. The molecule has 0 saturated carbocycles. The highest BCUT2D eigenvalue weighted by Crippen LogP contribution is 2.13. The highest BCUT2D eigenvalue weighted by molar-refractivity contribution is 5.44. The summed E-state index contributed by atoms with van der Waals surface area (Å²) in [7, 11) is 1.68. The summed E-state index contributed by atoms with van der Waals surface area (Å²) >= 11 is 0. The minimum Gasteiger partial charge on any atom is -0.331 e. The van der Waals surface area contributed by atoms with Crippen LogP contribution in [0.15, 0.2) is 35.6 Å². The van der Waals surface area contributed by atoms with Gasteiger partial charge in [0.1, 0.15) is 6.61 Å². The third-order valence-corrected chi connectivity index (χ3v) is 1.99. The molecule has 1 aromatic carbocycles. The summed E-state index contributed by atoms with van der Waals surface area (Å²) in [6.45, 7) is 0.120. The molecule has 0 fully saturated rings. The van der Waals surface area contributed by atoms with Crippen LogP contribution in [0.1, 0.15) is 0 Å². The number of hydrogen-bond donors (Lipinski definition) is 2. The molecule has 2 N–H and O–H groups in total. The summed E-state index contributed by atoms with van der Waals surface area (Å²) in [6.07, 6.45) is 4.53. The van der Waals surface area contributed by atoms with Gasteiger partial charge in [0.05, 0.1) is 11.0 Å². The monoisotopic (exact) mass is 234 g/mol. The number of ether oxygens (including phenoxy) is 1. The normalized spacial score (nSPS) is 11.3. The molecule has 0 radical (unpaired) electrons. The van der Waals surface area contributed by atoms with E-state index in [-0.39, 0.29) is 6.61 Å². The zero-order chi connectivity index (χ0) is 12.5. The van der Waals surface area contributed by atoms with Gasteiger partial charge in [-0.25, -0.2) is 5.01 Å². The quantitative estimate of drug-likeness (QED) is 0.316. The van der Waals surface area contributed by atoms with E-state index in [1.54, 1.807) is 7.05 Å². The predicted molar refractivity (Wildman–Crippen MR) is 65.5 cm³/mol. The first-order valence-corrected chi connectivity index (χ1v) is 4.98. The average Bonchev–Trinajstić information content (AvgIpc) is 2.39. The third-order valence-electron chi connectivity index (χ3n) is 1.99. The third kappa shape index (κ3) is 3.75. The van der Waals surface area contributed by atoms with E-state index >= 15 is 0 Å². The van der Waals surface area contributed by atoms with Crippen LogP contribution in [-0.4, -0.2) is 20.0 Å². The molecule has 0 heterocycles. The highest BCUT2D eigenvalue weighted by atomic mass is 16.5. The Kier molecular flexibility index (Phi) is 5.51. The second kappa shape index (κ2) is 7.22. The van der Waals surface area contributed by atoms with E-state index in [9.17, 15) is 4.91 Å². The van der Waals surface area contributed by atoms with Gasteiger partial charge in [0.25, 0.3) is 0 Å². The molecular formula is C11H14N4O2. The molecule has 0 saturated heterocycles. The smallest absolute Gasteiger partial charge is 0.206 e. The van der Waals surface area contributed by atoms with E-state index < -0.39 is 6.35 Å². The molecule has 0 aliphatic rings. The van der Waals surface area contributed by atoms with E-state index in [0.717, 1.165) is 5.69 Å². The number of anilines is 1. The number of para-hydroxylation sites is 1. The van der Waals surface area contributed by atoms with Crippen molar-refractivity contribution in [2.45, 2.75) is 6.35 Å². The van der Waals surface area contributed by atoms with Crippen LogP contribution < -0.4 is 15.9 Å². The fourth-order valence-corrected chi connectivity index (χ4v) is 1.29. The van der Waals surface area contributed by atoms with Crippen LogP contribution in [0, 0.1) is 17.3 Å². The van der Waals surface area contributed by atoms with Crippen molar-refractivity contribution in [3.8, 4) is 12.3 Å². The Morgan fingerprint density at radius 3 is 2.76 bits per heavy atom. The number of terminal acetylenes is 1. The maximum absolute atomic E-state index is 10.4. The Morgan fingerprint density at radius 2 is 2.24 bits per heavy atom. The molecule has 1 unspecified atom stereocenters. The van der Waals surface area contributed by atoms with Crippen molar-refractivity contribution in [2.75, 3.05) is 18.7 Å². The van der Waals surface area contributed by atoms with E-state index in [1.807, 2.05) is 30.3 Å². The van der Waals surface area contributed by atoms with Gasteiger partial charge < -0.3 is 4.74 Å². The number of nitroso groups, excluding NO2 is 1. The first-order chi connectivity index (χ1) is 8.33. The van der Waals surface area contributed by atoms with Gasteiger partial charge in [-0.2, -0.15) is 5.53 Å². The van der Waals surface area contributed by atoms with Crippen LogP contribution in [0.5, 0.6) is 0 Å². The van der Waals surface area contributed by atoms with Gasteiger partial charge >= 0.3 is 0 Å². The van der Waals surface area contributed by atoms with Crippen molar-refractivity contribution < 1.29 is 4.74 Å². The lowest BCUT2D eigenvalue weighted by molar-refractivity contribution is 0.0469. The fourth-order valence-electron chi connectivity index (χ4n) is 1.29. The molecule has 17 heavy (non-hydrogen) atoms. The summed E-state index contributed by atoms with van der Waals surface area (Å²) < 4.78 is 5.33. The van der Waals surface area contributed by atoms with Crippen LogP contribution in [0.3, 0.4) is 0 Å². The van der Waals surface area contributed by atoms with Gasteiger partial charge in [-0.3, -0.25) is 5.32 Å². The molecule has 6 nitrogen and oxygen atoms in total. The number of nitrogens with one attached hydrogen (secondary N) is 2. The van der Waals surface area contributed by atoms with Gasteiger partial charge in [0, 0.05) is 0 Å². The summed E-state index contributed by atoms with van der Waals surface area (Å²) in [4.78, 5) is 10.4. The minimum atomic E-state index is -0.592. The van der Waals surface area contributed by atoms with Crippen LogP contribution >= 0.6 is 0 Å². The molecular weight excluding hydrogens is 220 g/mol. The van der Waals surface area contributed by atoms with Crippen molar-refractivity contribution in [3.05, 3.63) is 35.2 Å². The molecule has 0 spiro atoms. The SMILES string of the molecule is C#CCOC(NC)N(NN=O)c1ccccc1. The Balaban J connectivity index is 2.83. The van der Waals surface area contributed by atoms with Gasteiger partial charge in [-0.15, -0.1) is 11.3 Å². The molecule has 6 heteroatoms. The number of nitrogens with zero attached hydrogens (tertiary/aromatic N) is 2. The molecule has 90 valence electrons. The van der Waals surface area contributed by atoms with E-state index in [1.165, 1.54) is 5.01 Å². The Bertz CT molecular complexity index is 377. The van der Waals surface area contributed by atoms with Crippen LogP contribution in [0.2, 0.25) is 0 Å². The first kappa shape index (κ1) is 13.0. The van der Waals surface area contributed by atoms with E-state index in [4.69, 9.17) is 11.2 Å².